The Hall–Kier alpha value is -3.19. The summed E-state index contributed by atoms with van der Waals surface area (Å²) in [5, 5.41) is 9.60. The third kappa shape index (κ3) is 3.93. The monoisotopic (exact) mass is 443 g/mol. The van der Waals surface area contributed by atoms with Crippen LogP contribution in [0.1, 0.15) is 6.92 Å². The third-order valence-electron chi connectivity index (χ3n) is 4.09. The Labute approximate surface area is 169 Å². The normalized spacial score (nSPS) is 12.9. The quantitative estimate of drug-likeness (QED) is 0.580. The molecule has 13 heteroatoms. The number of benzene rings is 2. The molecular weight excluding hydrogens is 427 g/mol. The molecular formula is C17H16F3N5O4S. The maximum Gasteiger partial charge on any atom is 0.268 e. The van der Waals surface area contributed by atoms with Crippen molar-refractivity contribution in [2.45, 2.75) is 17.9 Å². The van der Waals surface area contributed by atoms with Gasteiger partial charge in [0.2, 0.25) is 16.1 Å². The summed E-state index contributed by atoms with van der Waals surface area (Å²) in [6, 6.07) is 5.56. The lowest BCUT2D eigenvalue weighted by Gasteiger charge is -2.15. The maximum absolute atomic E-state index is 13.7. The second-order valence-electron chi connectivity index (χ2n) is 6.36. The lowest BCUT2D eigenvalue weighted by molar-refractivity contribution is -0.127. The first kappa shape index (κ1) is 21.5. The smallest absolute Gasteiger partial charge is 0.268 e. The summed E-state index contributed by atoms with van der Waals surface area (Å²) in [6.45, 7) is 1.29. The van der Waals surface area contributed by atoms with E-state index < -0.39 is 45.2 Å². The fourth-order valence-corrected chi connectivity index (χ4v) is 3.30. The molecule has 0 radical (unpaired) electrons. The molecule has 0 saturated heterocycles. The van der Waals surface area contributed by atoms with Crippen molar-refractivity contribution in [3.8, 4) is 0 Å². The van der Waals surface area contributed by atoms with Gasteiger partial charge in [0.1, 0.15) is 11.0 Å². The molecule has 0 aliphatic heterocycles. The molecule has 0 bridgehead atoms. The highest BCUT2D eigenvalue weighted by Crippen LogP contribution is 2.21. The highest BCUT2D eigenvalue weighted by molar-refractivity contribution is 7.89. The number of aromatic nitrogens is 3. The van der Waals surface area contributed by atoms with Crippen LogP contribution >= 0.6 is 0 Å². The van der Waals surface area contributed by atoms with Gasteiger partial charge >= 0.3 is 0 Å². The first-order chi connectivity index (χ1) is 14.0. The molecule has 0 aliphatic rings. The summed E-state index contributed by atoms with van der Waals surface area (Å²) in [6.07, 6.45) is -1.28. The zero-order chi connectivity index (χ0) is 22.2. The van der Waals surface area contributed by atoms with Crippen molar-refractivity contribution in [2.24, 2.45) is 0 Å². The molecule has 160 valence electrons. The topological polar surface area (TPSA) is 106 Å². The standard InChI is InChI=1S/C17H16F3N5O4S/c1-9(17(26)21-13-7-5-11(18)15(19)16(13)20)29-25-14-8-10(30(27,28)24(2)3)4-6-12(14)22-23-25/h4-9H,1-3H3,(H,21,26). The summed E-state index contributed by atoms with van der Waals surface area (Å²) in [7, 11) is -0.998. The van der Waals surface area contributed by atoms with Crippen LogP contribution in [0.15, 0.2) is 35.2 Å². The lowest BCUT2D eigenvalue weighted by atomic mass is 10.2. The number of hydrogen-bond donors (Lipinski definition) is 1. The SMILES string of the molecule is CC(On1nnc2ccc(S(=O)(=O)N(C)C)cc21)C(=O)Nc1ccc(F)c(F)c1F. The van der Waals surface area contributed by atoms with E-state index in [1.165, 1.54) is 39.2 Å². The van der Waals surface area contributed by atoms with Gasteiger partial charge in [-0.2, -0.15) is 0 Å². The molecule has 1 N–H and O–H groups in total. The number of sulfonamides is 1. The van der Waals surface area contributed by atoms with Crippen LogP contribution in [-0.2, 0) is 14.8 Å². The van der Waals surface area contributed by atoms with Crippen molar-refractivity contribution < 1.29 is 31.2 Å². The summed E-state index contributed by atoms with van der Waals surface area (Å²) in [5.74, 6) is -5.56. The number of fused-ring (bicyclic) bond motifs is 1. The number of carbonyl (C=O) groups is 1. The van der Waals surface area contributed by atoms with Crippen molar-refractivity contribution in [1.82, 2.24) is 19.5 Å². The molecule has 0 saturated carbocycles. The number of nitrogens with zero attached hydrogens (tertiary/aromatic N) is 4. The number of halogens is 3. The van der Waals surface area contributed by atoms with E-state index in [-0.39, 0.29) is 10.4 Å². The Morgan fingerprint density at radius 1 is 1.17 bits per heavy atom. The first-order valence-electron chi connectivity index (χ1n) is 8.42. The molecule has 30 heavy (non-hydrogen) atoms. The minimum Gasteiger partial charge on any atom is -0.382 e. The number of nitrogens with one attached hydrogen (secondary N) is 1. The van der Waals surface area contributed by atoms with Crippen LogP contribution in [0.4, 0.5) is 18.9 Å². The molecule has 0 fully saturated rings. The summed E-state index contributed by atoms with van der Waals surface area (Å²) in [4.78, 5) is 18.4. The van der Waals surface area contributed by atoms with Crippen LogP contribution in [0.3, 0.4) is 0 Å². The molecule has 1 heterocycles. The molecule has 0 spiro atoms. The minimum absolute atomic E-state index is 0.0480. The second kappa shape index (κ2) is 7.91. The van der Waals surface area contributed by atoms with Gasteiger partial charge in [0.15, 0.2) is 17.5 Å². The lowest BCUT2D eigenvalue weighted by Crippen LogP contribution is -2.35. The summed E-state index contributed by atoms with van der Waals surface area (Å²) >= 11 is 0. The van der Waals surface area contributed by atoms with Gasteiger partial charge in [-0.05, 0) is 42.5 Å². The molecule has 1 aromatic heterocycles. The van der Waals surface area contributed by atoms with Crippen molar-refractivity contribution in [2.75, 3.05) is 19.4 Å². The predicted molar refractivity (Wildman–Crippen MR) is 99.4 cm³/mol. The Morgan fingerprint density at radius 2 is 1.87 bits per heavy atom. The van der Waals surface area contributed by atoms with E-state index in [4.69, 9.17) is 4.84 Å². The van der Waals surface area contributed by atoms with Gasteiger partial charge < -0.3 is 10.2 Å². The molecule has 1 atom stereocenters. The van der Waals surface area contributed by atoms with Gasteiger partial charge in [-0.1, -0.05) is 4.85 Å². The minimum atomic E-state index is -3.74. The van der Waals surface area contributed by atoms with Gasteiger partial charge in [0.05, 0.1) is 10.6 Å². The van der Waals surface area contributed by atoms with E-state index in [0.29, 0.717) is 11.6 Å². The molecule has 1 amide bonds. The average molecular weight is 443 g/mol. The molecule has 3 rings (SSSR count). The van der Waals surface area contributed by atoms with E-state index in [9.17, 15) is 26.4 Å². The third-order valence-corrected chi connectivity index (χ3v) is 5.90. The van der Waals surface area contributed by atoms with E-state index in [1.807, 2.05) is 0 Å². The number of amides is 1. The average Bonchev–Trinajstić information content (AvgIpc) is 3.10. The summed E-state index contributed by atoms with van der Waals surface area (Å²) < 4.78 is 65.7. The van der Waals surface area contributed by atoms with Crippen LogP contribution in [0.25, 0.3) is 11.0 Å². The van der Waals surface area contributed by atoms with Crippen LogP contribution in [-0.4, -0.2) is 54.0 Å². The van der Waals surface area contributed by atoms with Crippen molar-refractivity contribution in [1.29, 1.82) is 0 Å². The van der Waals surface area contributed by atoms with Crippen molar-refractivity contribution in [3.05, 3.63) is 47.8 Å². The molecule has 1 unspecified atom stereocenters. The fourth-order valence-electron chi connectivity index (χ4n) is 2.38. The highest BCUT2D eigenvalue weighted by Gasteiger charge is 2.23. The predicted octanol–water partition coefficient (Wildman–Crippen LogP) is 1.55. The Morgan fingerprint density at radius 3 is 2.53 bits per heavy atom. The zero-order valence-electron chi connectivity index (χ0n) is 15.9. The molecule has 9 nitrogen and oxygen atoms in total. The van der Waals surface area contributed by atoms with E-state index >= 15 is 0 Å². The van der Waals surface area contributed by atoms with Gasteiger partial charge in [0, 0.05) is 14.1 Å². The van der Waals surface area contributed by atoms with Crippen LogP contribution < -0.4 is 10.2 Å². The van der Waals surface area contributed by atoms with E-state index in [1.54, 1.807) is 0 Å². The van der Waals surface area contributed by atoms with Gasteiger partial charge in [-0.25, -0.2) is 25.9 Å². The van der Waals surface area contributed by atoms with Crippen molar-refractivity contribution in [3.63, 3.8) is 0 Å². The summed E-state index contributed by atoms with van der Waals surface area (Å²) in [5.41, 5.74) is -0.110. The number of hydrogen-bond acceptors (Lipinski definition) is 6. The highest BCUT2D eigenvalue weighted by atomic mass is 32.2. The van der Waals surface area contributed by atoms with Gasteiger partial charge in [-0.3, -0.25) is 4.79 Å². The maximum atomic E-state index is 13.7. The van der Waals surface area contributed by atoms with Gasteiger partial charge in [-0.15, -0.1) is 5.10 Å². The molecule has 0 aliphatic carbocycles. The number of rotatable bonds is 6. The Balaban J connectivity index is 1.83. The van der Waals surface area contributed by atoms with Gasteiger partial charge in [0.25, 0.3) is 5.91 Å². The fraction of sp³-hybridized carbons (Fsp3) is 0.235. The van der Waals surface area contributed by atoms with Crippen LogP contribution in [0, 0.1) is 17.5 Å². The van der Waals surface area contributed by atoms with E-state index in [0.717, 1.165) is 15.2 Å². The largest absolute Gasteiger partial charge is 0.382 e. The first-order valence-corrected chi connectivity index (χ1v) is 9.86. The molecule has 2 aromatic carbocycles. The van der Waals surface area contributed by atoms with E-state index in [2.05, 4.69) is 15.6 Å². The zero-order valence-corrected chi connectivity index (χ0v) is 16.7. The Kier molecular flexibility index (Phi) is 5.67. The van der Waals surface area contributed by atoms with Crippen molar-refractivity contribution >= 4 is 32.7 Å². The van der Waals surface area contributed by atoms with Crippen LogP contribution in [0.2, 0.25) is 0 Å². The number of anilines is 1. The van der Waals surface area contributed by atoms with Crippen LogP contribution in [0.5, 0.6) is 0 Å². The number of carbonyl (C=O) groups excluding carboxylic acids is 1. The Bertz CT molecular complexity index is 1230. The molecule has 3 aromatic rings. The second-order valence-corrected chi connectivity index (χ2v) is 8.51.